The Kier molecular flexibility index (Phi) is 103. The Labute approximate surface area is 144 Å². The van der Waals surface area contributed by atoms with E-state index < -0.39 is 0 Å². The van der Waals surface area contributed by atoms with Crippen molar-refractivity contribution in [2.75, 3.05) is 0 Å². The van der Waals surface area contributed by atoms with Crippen LogP contribution in [0.5, 0.6) is 0 Å². The van der Waals surface area contributed by atoms with Crippen molar-refractivity contribution in [2.45, 2.75) is 19.5 Å². The number of amides is 1. The van der Waals surface area contributed by atoms with Crippen LogP contribution >= 0.6 is 0 Å². The van der Waals surface area contributed by atoms with Crippen LogP contribution in [0.3, 0.4) is 0 Å². The van der Waals surface area contributed by atoms with Crippen LogP contribution in [0.4, 0.5) is 0 Å². The summed E-state index contributed by atoms with van der Waals surface area (Å²) in [6.45, 7) is 4.65. The van der Waals surface area contributed by atoms with E-state index in [1.54, 1.807) is 5.20 Å². The van der Waals surface area contributed by atoms with Gasteiger partial charge in [-0.3, -0.25) is 0 Å². The predicted octanol–water partition coefficient (Wildman–Crippen LogP) is -1.83. The van der Waals surface area contributed by atoms with Gasteiger partial charge in [0.1, 0.15) is 0 Å². The molecule has 111 valence electrons. The minimum Gasteiger partial charge on any atom is -1.00 e. The van der Waals surface area contributed by atoms with Crippen LogP contribution in [0, 0.1) is 29.7 Å². The average Bonchev–Trinajstić information content (AvgIpc) is 2.38. The third kappa shape index (κ3) is 30.0. The van der Waals surface area contributed by atoms with Gasteiger partial charge in [0.2, 0.25) is 0 Å². The normalized spacial score (nSPS) is 8.50. The van der Waals surface area contributed by atoms with Gasteiger partial charge in [0.05, 0.1) is 8.80 Å². The van der Waals surface area contributed by atoms with E-state index in [9.17, 15) is 0 Å². The fraction of sp³-hybridized carbons (Fsp3) is 0.250. The number of hydrogen-bond acceptors (Lipinski definition) is 1. The van der Waals surface area contributed by atoms with Crippen molar-refractivity contribution in [3.8, 4) is 0 Å². The Balaban J connectivity index is -0.0000000156. The van der Waals surface area contributed by atoms with Crippen molar-refractivity contribution in [3.05, 3.63) is 58.9 Å². The summed E-state index contributed by atoms with van der Waals surface area (Å²) in [5, 5.41) is 1.59. The minimum absolute atomic E-state index is 0. The summed E-state index contributed by atoms with van der Waals surface area (Å²) in [7, 11) is -0.138. The second-order valence-electron chi connectivity index (χ2n) is 2.42. The van der Waals surface area contributed by atoms with Gasteiger partial charge in [-0.1, -0.05) is 36.5 Å². The van der Waals surface area contributed by atoms with Crippen LogP contribution < -0.4 is 24.8 Å². The predicted molar refractivity (Wildman–Crippen MR) is 75.4 cm³/mol. The molecular formula is C12H25Cl2NOSiTi-5. The molecule has 2 nitrogen and oxygen atoms in total. The van der Waals surface area contributed by atoms with E-state index in [-0.39, 0.29) is 91.4 Å². The zero-order chi connectivity index (χ0) is 8.69. The van der Waals surface area contributed by atoms with Crippen LogP contribution in [0.15, 0.2) is 23.4 Å². The molecule has 0 aromatic heterocycles. The Bertz CT molecular complexity index is 189. The van der Waals surface area contributed by atoms with Crippen LogP contribution in [-0.2, 0) is 26.5 Å². The largest absolute Gasteiger partial charge is 2.00 e. The fourth-order valence-corrected chi connectivity index (χ4v) is 1.81. The first-order chi connectivity index (χ1) is 5.22. The second-order valence-corrected chi connectivity index (χ2v) is 4.99. The summed E-state index contributed by atoms with van der Waals surface area (Å²) < 4.78 is 0. The zero-order valence-electron chi connectivity index (χ0n) is 12.2. The Morgan fingerprint density at radius 3 is 1.61 bits per heavy atom. The van der Waals surface area contributed by atoms with Crippen LogP contribution in [0.2, 0.25) is 13.1 Å². The molecule has 0 fully saturated rings. The molecule has 1 aliphatic rings. The monoisotopic (exact) mass is 345 g/mol. The van der Waals surface area contributed by atoms with Crippen molar-refractivity contribution < 1.29 is 51.3 Å². The van der Waals surface area contributed by atoms with Gasteiger partial charge in [0.15, 0.2) is 0 Å². The van der Waals surface area contributed by atoms with Crippen molar-refractivity contribution in [2.24, 2.45) is 0 Å². The molecule has 0 aromatic rings. The maximum Gasteiger partial charge on any atom is 2.00 e. The third-order valence-electron chi connectivity index (χ3n) is 1.35. The summed E-state index contributed by atoms with van der Waals surface area (Å²) in [4.78, 5) is 8.47. The summed E-state index contributed by atoms with van der Waals surface area (Å²) in [5.74, 6) is 0. The average molecular weight is 346 g/mol. The van der Waals surface area contributed by atoms with Crippen molar-refractivity contribution in [3.63, 3.8) is 0 Å². The molecule has 1 rings (SSSR count). The SMILES string of the molecule is C[Si](C)C1=CCC=C1.[CH3-].[CH3-].[CH3-].[CH3-].[Cl-].[Cl-].[NH-]C=O.[Ti+2]. The standard InChI is InChI=1S/C7H11Si.CH3NO.4CH3.2ClH.Ti/c1-8(2)7-5-3-4-6-7;2-1-3;;;;;;;/h3,5-6H,4H2,1-2H3;1H,(H2,2,3);4*1H3;2*1H;/q;;4*-1;;;+2/p-3. The third-order valence-corrected chi connectivity index (χ3v) is 2.87. The van der Waals surface area contributed by atoms with Gasteiger partial charge in [-0.25, -0.2) is 0 Å². The molecule has 0 bridgehead atoms. The van der Waals surface area contributed by atoms with Gasteiger partial charge >= 0.3 is 21.7 Å². The number of carbonyl (C=O) groups is 1. The first-order valence-electron chi connectivity index (χ1n) is 3.50. The van der Waals surface area contributed by atoms with E-state index in [4.69, 9.17) is 10.5 Å². The molecule has 6 heteroatoms. The van der Waals surface area contributed by atoms with Crippen molar-refractivity contribution in [1.29, 1.82) is 0 Å². The van der Waals surface area contributed by atoms with E-state index in [0.717, 1.165) is 0 Å². The summed E-state index contributed by atoms with van der Waals surface area (Å²) in [6.07, 6.45) is 7.99. The topological polar surface area (TPSA) is 40.9 Å². The summed E-state index contributed by atoms with van der Waals surface area (Å²) in [6, 6.07) is 0. The molecule has 1 amide bonds. The molecule has 0 saturated heterocycles. The van der Waals surface area contributed by atoms with E-state index in [0.29, 0.717) is 0 Å². The molecule has 0 aromatic carbocycles. The van der Waals surface area contributed by atoms with E-state index in [1.807, 2.05) is 0 Å². The number of hydrogen-bond donors (Lipinski definition) is 0. The molecule has 0 spiro atoms. The molecule has 0 aliphatic heterocycles. The molecule has 0 heterocycles. The van der Waals surface area contributed by atoms with Gasteiger partial charge in [-0.05, 0) is 6.42 Å². The number of allylic oxidation sites excluding steroid dienone is 4. The smallest absolute Gasteiger partial charge is 1.00 e. The number of carbonyl (C=O) groups excluding carboxylic acids is 1. The zero-order valence-corrected chi connectivity index (χ0v) is 16.3. The second kappa shape index (κ2) is 36.0. The van der Waals surface area contributed by atoms with Crippen LogP contribution in [0.25, 0.3) is 5.73 Å². The molecule has 1 N–H and O–H groups in total. The Hall–Kier alpha value is 0.461. The van der Waals surface area contributed by atoms with Crippen molar-refractivity contribution in [1.82, 2.24) is 0 Å². The van der Waals surface area contributed by atoms with Crippen LogP contribution in [0.1, 0.15) is 6.42 Å². The van der Waals surface area contributed by atoms with Gasteiger partial charge in [-0.15, -0.1) is 0 Å². The molecule has 0 unspecified atom stereocenters. The number of nitrogens with one attached hydrogen (secondary N) is 1. The number of rotatable bonds is 1. The molecule has 18 heavy (non-hydrogen) atoms. The quantitative estimate of drug-likeness (QED) is 0.313. The van der Waals surface area contributed by atoms with E-state index in [1.165, 1.54) is 6.42 Å². The van der Waals surface area contributed by atoms with Crippen molar-refractivity contribution >= 4 is 15.2 Å². The van der Waals surface area contributed by atoms with E-state index in [2.05, 4.69) is 31.3 Å². The fourth-order valence-electron chi connectivity index (χ4n) is 0.829. The number of halogens is 2. The Morgan fingerprint density at radius 2 is 1.50 bits per heavy atom. The van der Waals surface area contributed by atoms with E-state index >= 15 is 0 Å². The van der Waals surface area contributed by atoms with Crippen LogP contribution in [-0.4, -0.2) is 15.2 Å². The first kappa shape index (κ1) is 51.4. The van der Waals surface area contributed by atoms with Gasteiger partial charge in [-0.2, -0.15) is 0 Å². The summed E-state index contributed by atoms with van der Waals surface area (Å²) in [5.41, 5.74) is 5.53. The summed E-state index contributed by atoms with van der Waals surface area (Å²) >= 11 is 0. The van der Waals surface area contributed by atoms with Gasteiger partial charge in [0.25, 0.3) is 0 Å². The molecule has 0 saturated carbocycles. The maximum absolute atomic E-state index is 8.47. The Morgan fingerprint density at radius 1 is 1.17 bits per heavy atom. The maximum atomic E-state index is 8.47. The first-order valence-corrected chi connectivity index (χ1v) is 6.00. The van der Waals surface area contributed by atoms with Gasteiger partial charge in [0, 0.05) is 6.41 Å². The van der Waals surface area contributed by atoms with Gasteiger partial charge < -0.3 is 65.0 Å². The molecule has 1 aliphatic carbocycles. The minimum atomic E-state index is -0.138. The molecule has 1 radical (unpaired) electrons. The molecular weight excluding hydrogens is 321 g/mol. The molecule has 0 atom stereocenters.